The van der Waals surface area contributed by atoms with Crippen molar-refractivity contribution in [2.45, 2.75) is 20.4 Å². The minimum Gasteiger partial charge on any atom is -0.464 e. The monoisotopic (exact) mass is 313 g/mol. The minimum absolute atomic E-state index is 0.105. The molecule has 0 radical (unpaired) electrons. The number of furan rings is 1. The molecule has 3 heterocycles. The predicted molar refractivity (Wildman–Crippen MR) is 84.7 cm³/mol. The summed E-state index contributed by atoms with van der Waals surface area (Å²) < 4.78 is 5.35. The van der Waals surface area contributed by atoms with Gasteiger partial charge in [0.05, 0.1) is 17.0 Å². The smallest absolute Gasteiger partial charge is 0.263 e. The van der Waals surface area contributed by atoms with Crippen molar-refractivity contribution in [1.82, 2.24) is 15.3 Å². The molecular weight excluding hydrogens is 298 g/mol. The highest BCUT2D eigenvalue weighted by Gasteiger charge is 2.13. The lowest BCUT2D eigenvalue weighted by Crippen LogP contribution is -2.22. The van der Waals surface area contributed by atoms with Gasteiger partial charge >= 0.3 is 0 Å². The highest BCUT2D eigenvalue weighted by molar-refractivity contribution is 7.13. The predicted octanol–water partition coefficient (Wildman–Crippen LogP) is 3.34. The van der Waals surface area contributed by atoms with Gasteiger partial charge in [-0.05, 0) is 37.6 Å². The van der Waals surface area contributed by atoms with Crippen molar-refractivity contribution in [3.8, 4) is 11.3 Å². The number of nitrogens with zero attached hydrogens (tertiary/aromatic N) is 2. The molecule has 0 bridgehead atoms. The van der Waals surface area contributed by atoms with E-state index in [1.807, 2.05) is 32.0 Å². The van der Waals surface area contributed by atoms with Gasteiger partial charge in [0.2, 0.25) is 0 Å². The lowest BCUT2D eigenvalue weighted by molar-refractivity contribution is 0.0954. The highest BCUT2D eigenvalue weighted by atomic mass is 32.1. The third-order valence-electron chi connectivity index (χ3n) is 3.16. The first-order valence-corrected chi connectivity index (χ1v) is 7.65. The van der Waals surface area contributed by atoms with Crippen molar-refractivity contribution < 1.29 is 9.21 Å². The van der Waals surface area contributed by atoms with Gasteiger partial charge in [0, 0.05) is 24.5 Å². The van der Waals surface area contributed by atoms with E-state index in [1.54, 1.807) is 18.7 Å². The Hall–Kier alpha value is -2.47. The zero-order valence-electron chi connectivity index (χ0n) is 12.3. The number of hydrogen-bond donors (Lipinski definition) is 1. The van der Waals surface area contributed by atoms with Crippen molar-refractivity contribution in [3.05, 3.63) is 58.0 Å². The Labute approximate surface area is 132 Å². The quantitative estimate of drug-likeness (QED) is 0.802. The Morgan fingerprint density at radius 3 is 2.91 bits per heavy atom. The lowest BCUT2D eigenvalue weighted by Gasteiger charge is -2.05. The third-order valence-corrected chi connectivity index (χ3v) is 4.24. The summed E-state index contributed by atoms with van der Waals surface area (Å²) in [7, 11) is 0. The molecule has 0 saturated carbocycles. The number of carbonyl (C=O) groups excluding carboxylic acids is 1. The zero-order chi connectivity index (χ0) is 15.5. The molecule has 0 aliphatic rings. The molecule has 6 heteroatoms. The van der Waals surface area contributed by atoms with Crippen LogP contribution in [-0.4, -0.2) is 15.9 Å². The van der Waals surface area contributed by atoms with E-state index < -0.39 is 0 Å². The summed E-state index contributed by atoms with van der Waals surface area (Å²) in [6.45, 7) is 4.15. The normalized spacial score (nSPS) is 10.6. The van der Waals surface area contributed by atoms with Gasteiger partial charge in [0.25, 0.3) is 5.91 Å². The van der Waals surface area contributed by atoms with Crippen LogP contribution in [0.5, 0.6) is 0 Å². The van der Waals surface area contributed by atoms with E-state index in [4.69, 9.17) is 4.42 Å². The molecule has 112 valence electrons. The number of rotatable bonds is 4. The van der Waals surface area contributed by atoms with Crippen LogP contribution in [-0.2, 0) is 6.54 Å². The summed E-state index contributed by atoms with van der Waals surface area (Å²) in [6, 6.07) is 5.67. The first kappa shape index (κ1) is 14.5. The summed E-state index contributed by atoms with van der Waals surface area (Å²) in [4.78, 5) is 21.3. The van der Waals surface area contributed by atoms with Gasteiger partial charge in [-0.15, -0.1) is 11.3 Å². The van der Waals surface area contributed by atoms with E-state index in [1.165, 1.54) is 11.3 Å². The van der Waals surface area contributed by atoms with Crippen molar-refractivity contribution in [3.63, 3.8) is 0 Å². The van der Waals surface area contributed by atoms with Crippen LogP contribution in [0.1, 0.15) is 25.9 Å². The second-order valence-corrected chi connectivity index (χ2v) is 6.09. The fourth-order valence-electron chi connectivity index (χ4n) is 2.17. The van der Waals surface area contributed by atoms with E-state index in [2.05, 4.69) is 15.3 Å². The fourth-order valence-corrected chi connectivity index (χ4v) is 3.00. The second-order valence-electron chi connectivity index (χ2n) is 4.89. The van der Waals surface area contributed by atoms with E-state index in [-0.39, 0.29) is 5.91 Å². The number of aryl methyl sites for hydroxylation is 2. The number of carbonyl (C=O) groups is 1. The fraction of sp³-hybridized carbons (Fsp3) is 0.188. The van der Waals surface area contributed by atoms with Gasteiger partial charge in [-0.25, -0.2) is 4.98 Å². The molecule has 0 fully saturated rings. The van der Waals surface area contributed by atoms with Gasteiger partial charge in [-0.3, -0.25) is 9.78 Å². The number of nitrogens with one attached hydrogen (secondary N) is 1. The average molecular weight is 313 g/mol. The van der Waals surface area contributed by atoms with Crippen LogP contribution >= 0.6 is 11.3 Å². The Morgan fingerprint density at radius 2 is 2.23 bits per heavy atom. The highest BCUT2D eigenvalue weighted by Crippen LogP contribution is 2.20. The number of aromatic nitrogens is 2. The Morgan fingerprint density at radius 1 is 1.36 bits per heavy atom. The first-order valence-electron chi connectivity index (χ1n) is 6.83. The average Bonchev–Trinajstić information content (AvgIpc) is 3.15. The largest absolute Gasteiger partial charge is 0.464 e. The van der Waals surface area contributed by atoms with Crippen LogP contribution in [0.3, 0.4) is 0 Å². The molecule has 0 aliphatic carbocycles. The molecule has 0 atom stereocenters. The number of amides is 1. The summed E-state index contributed by atoms with van der Waals surface area (Å²) in [6.07, 6.45) is 5.09. The van der Waals surface area contributed by atoms with E-state index in [0.29, 0.717) is 11.4 Å². The molecule has 1 N–H and O–H groups in total. The molecule has 0 spiro atoms. The maximum atomic E-state index is 12.2. The SMILES string of the molecule is Cc1nc(C)c(C(=O)NCc2cncc(-c3ccco3)c2)s1. The number of pyridine rings is 1. The molecule has 22 heavy (non-hydrogen) atoms. The van der Waals surface area contributed by atoms with E-state index >= 15 is 0 Å². The van der Waals surface area contributed by atoms with Gasteiger partial charge in [0.1, 0.15) is 10.6 Å². The second kappa shape index (κ2) is 6.11. The van der Waals surface area contributed by atoms with Crippen molar-refractivity contribution in [2.24, 2.45) is 0 Å². The molecule has 0 saturated heterocycles. The number of hydrogen-bond acceptors (Lipinski definition) is 5. The van der Waals surface area contributed by atoms with Crippen LogP contribution in [0.2, 0.25) is 0 Å². The topological polar surface area (TPSA) is 68.0 Å². The van der Waals surface area contributed by atoms with Gasteiger partial charge < -0.3 is 9.73 Å². The first-order chi connectivity index (χ1) is 10.6. The Kier molecular flexibility index (Phi) is 4.02. The summed E-state index contributed by atoms with van der Waals surface area (Å²) in [5.41, 5.74) is 2.57. The number of thiazole rings is 1. The van der Waals surface area contributed by atoms with Gasteiger partial charge in [-0.2, -0.15) is 0 Å². The summed E-state index contributed by atoms with van der Waals surface area (Å²) >= 11 is 1.41. The van der Waals surface area contributed by atoms with Crippen LogP contribution in [0.15, 0.2) is 41.3 Å². The minimum atomic E-state index is -0.105. The maximum absolute atomic E-state index is 12.2. The van der Waals surface area contributed by atoms with Crippen LogP contribution in [0.25, 0.3) is 11.3 Å². The molecule has 0 unspecified atom stereocenters. The molecule has 1 amide bonds. The maximum Gasteiger partial charge on any atom is 0.263 e. The summed E-state index contributed by atoms with van der Waals surface area (Å²) in [5, 5.41) is 3.80. The molecular formula is C16H15N3O2S. The van der Waals surface area contributed by atoms with Gasteiger partial charge in [0.15, 0.2) is 0 Å². The van der Waals surface area contributed by atoms with Crippen LogP contribution in [0.4, 0.5) is 0 Å². The zero-order valence-corrected chi connectivity index (χ0v) is 13.1. The van der Waals surface area contributed by atoms with Gasteiger partial charge in [-0.1, -0.05) is 0 Å². The third kappa shape index (κ3) is 3.07. The van der Waals surface area contributed by atoms with Crippen molar-refractivity contribution >= 4 is 17.2 Å². The molecule has 5 nitrogen and oxygen atoms in total. The van der Waals surface area contributed by atoms with E-state index in [0.717, 1.165) is 27.6 Å². The Balaban J connectivity index is 1.70. The lowest BCUT2D eigenvalue weighted by atomic mass is 10.1. The van der Waals surface area contributed by atoms with Crippen LogP contribution in [0, 0.1) is 13.8 Å². The van der Waals surface area contributed by atoms with E-state index in [9.17, 15) is 4.79 Å². The molecule has 3 aromatic heterocycles. The summed E-state index contributed by atoms with van der Waals surface area (Å²) in [5.74, 6) is 0.654. The molecule has 3 rings (SSSR count). The molecule has 0 aliphatic heterocycles. The molecule has 0 aromatic carbocycles. The van der Waals surface area contributed by atoms with Crippen molar-refractivity contribution in [1.29, 1.82) is 0 Å². The van der Waals surface area contributed by atoms with Crippen molar-refractivity contribution in [2.75, 3.05) is 0 Å². The van der Waals surface area contributed by atoms with Crippen LogP contribution < -0.4 is 5.32 Å². The Bertz CT molecular complexity index is 794. The standard InChI is InChI=1S/C16H15N3O2S/c1-10-15(22-11(2)19-10)16(20)18-8-12-6-13(9-17-7-12)14-4-3-5-21-14/h3-7,9H,8H2,1-2H3,(H,18,20). The molecule has 3 aromatic rings.